The number of nitriles is 1. The Bertz CT molecular complexity index is 940. The summed E-state index contributed by atoms with van der Waals surface area (Å²) < 4.78 is 1.86. The van der Waals surface area contributed by atoms with Crippen LogP contribution in [0.5, 0.6) is 0 Å². The molecule has 0 N–H and O–H groups in total. The summed E-state index contributed by atoms with van der Waals surface area (Å²) in [6.45, 7) is 6.24. The first kappa shape index (κ1) is 16.7. The Labute approximate surface area is 147 Å². The second-order valence-electron chi connectivity index (χ2n) is 5.77. The molecule has 0 saturated carbocycles. The van der Waals surface area contributed by atoms with Crippen molar-refractivity contribution < 1.29 is 0 Å². The van der Waals surface area contributed by atoms with Gasteiger partial charge in [0.05, 0.1) is 5.57 Å². The lowest BCUT2D eigenvalue weighted by Gasteiger charge is -2.20. The van der Waals surface area contributed by atoms with E-state index < -0.39 is 0 Å². The van der Waals surface area contributed by atoms with Crippen molar-refractivity contribution in [3.05, 3.63) is 54.0 Å². The summed E-state index contributed by atoms with van der Waals surface area (Å²) in [5.41, 5.74) is 4.25. The molecule has 0 aliphatic heterocycles. The van der Waals surface area contributed by atoms with Crippen LogP contribution in [-0.2, 0) is 7.05 Å². The summed E-state index contributed by atoms with van der Waals surface area (Å²) in [5.74, 6) is 0.629. The van der Waals surface area contributed by atoms with Gasteiger partial charge in [-0.15, -0.1) is 0 Å². The van der Waals surface area contributed by atoms with Crippen LogP contribution in [0.1, 0.15) is 25.2 Å². The van der Waals surface area contributed by atoms with Crippen molar-refractivity contribution >= 4 is 28.5 Å². The van der Waals surface area contributed by atoms with Crippen molar-refractivity contribution in [2.24, 2.45) is 7.05 Å². The lowest BCUT2D eigenvalue weighted by Crippen LogP contribution is -2.21. The Kier molecular flexibility index (Phi) is 4.80. The number of pyridine rings is 1. The average Bonchev–Trinajstić information content (AvgIpc) is 2.99. The number of fused-ring (bicyclic) bond motifs is 1. The summed E-state index contributed by atoms with van der Waals surface area (Å²) in [6, 6.07) is 14.3. The van der Waals surface area contributed by atoms with Crippen LogP contribution in [0, 0.1) is 11.3 Å². The number of aryl methyl sites for hydroxylation is 1. The zero-order chi connectivity index (χ0) is 17.8. The maximum absolute atomic E-state index is 9.61. The minimum absolute atomic E-state index is 0.524. The number of imidazole rings is 1. The monoisotopic (exact) mass is 331 g/mol. The van der Waals surface area contributed by atoms with Crippen LogP contribution in [0.3, 0.4) is 0 Å². The van der Waals surface area contributed by atoms with Crippen LogP contribution in [0.4, 0.5) is 5.69 Å². The predicted octanol–water partition coefficient (Wildman–Crippen LogP) is 3.88. The van der Waals surface area contributed by atoms with Crippen LogP contribution in [0.15, 0.2) is 42.6 Å². The second-order valence-corrected chi connectivity index (χ2v) is 5.77. The third kappa shape index (κ3) is 3.24. The molecule has 126 valence electrons. The fraction of sp³-hybridized carbons (Fsp3) is 0.250. The number of rotatable bonds is 5. The smallest absolute Gasteiger partial charge is 0.160 e. The zero-order valence-corrected chi connectivity index (χ0v) is 14.8. The van der Waals surface area contributed by atoms with Gasteiger partial charge in [0, 0.05) is 32.0 Å². The van der Waals surface area contributed by atoms with E-state index in [0.29, 0.717) is 11.4 Å². The summed E-state index contributed by atoms with van der Waals surface area (Å²) in [4.78, 5) is 11.2. The van der Waals surface area contributed by atoms with Gasteiger partial charge in [-0.2, -0.15) is 5.26 Å². The molecule has 0 fully saturated rings. The molecule has 0 radical (unpaired) electrons. The largest absolute Gasteiger partial charge is 0.372 e. The number of benzene rings is 1. The van der Waals surface area contributed by atoms with Crippen LogP contribution in [0.2, 0.25) is 0 Å². The molecule has 1 aromatic carbocycles. The van der Waals surface area contributed by atoms with Gasteiger partial charge in [0.25, 0.3) is 0 Å². The molecule has 5 heteroatoms. The van der Waals surface area contributed by atoms with Crippen LogP contribution in [0.25, 0.3) is 22.8 Å². The summed E-state index contributed by atoms with van der Waals surface area (Å²) in [6.07, 6.45) is 3.60. The Morgan fingerprint density at radius 2 is 1.92 bits per heavy atom. The highest BCUT2D eigenvalue weighted by Gasteiger charge is 2.12. The van der Waals surface area contributed by atoms with Crippen molar-refractivity contribution in [3.8, 4) is 6.07 Å². The van der Waals surface area contributed by atoms with Gasteiger partial charge in [-0.1, -0.05) is 12.1 Å². The van der Waals surface area contributed by atoms with Gasteiger partial charge in [0.2, 0.25) is 0 Å². The number of aromatic nitrogens is 3. The molecule has 0 atom stereocenters. The van der Waals surface area contributed by atoms with E-state index in [4.69, 9.17) is 0 Å². The molecule has 3 aromatic rings. The maximum Gasteiger partial charge on any atom is 0.160 e. The predicted molar refractivity (Wildman–Crippen MR) is 102 cm³/mol. The minimum atomic E-state index is 0.524. The fourth-order valence-corrected chi connectivity index (χ4v) is 2.95. The van der Waals surface area contributed by atoms with Crippen LogP contribution < -0.4 is 4.90 Å². The third-order valence-electron chi connectivity index (χ3n) is 4.32. The first-order chi connectivity index (χ1) is 12.2. The van der Waals surface area contributed by atoms with E-state index in [-0.39, 0.29) is 0 Å². The number of allylic oxidation sites excluding steroid dienone is 1. The van der Waals surface area contributed by atoms with Crippen molar-refractivity contribution in [2.45, 2.75) is 13.8 Å². The van der Waals surface area contributed by atoms with Crippen molar-refractivity contribution in [1.29, 1.82) is 5.26 Å². The number of nitrogens with zero attached hydrogens (tertiary/aromatic N) is 5. The van der Waals surface area contributed by atoms with Crippen molar-refractivity contribution in [3.63, 3.8) is 0 Å². The van der Waals surface area contributed by atoms with Crippen molar-refractivity contribution in [2.75, 3.05) is 18.0 Å². The minimum Gasteiger partial charge on any atom is -0.372 e. The van der Waals surface area contributed by atoms with E-state index in [1.807, 2.05) is 42.0 Å². The lowest BCUT2D eigenvalue weighted by molar-refractivity contribution is 0.866. The normalized spacial score (nSPS) is 11.5. The summed E-state index contributed by atoms with van der Waals surface area (Å²) in [7, 11) is 1.88. The van der Waals surface area contributed by atoms with Crippen LogP contribution in [-0.4, -0.2) is 27.6 Å². The molecule has 2 heterocycles. The molecule has 0 unspecified atom stereocenters. The highest BCUT2D eigenvalue weighted by atomic mass is 15.1. The molecule has 25 heavy (non-hydrogen) atoms. The van der Waals surface area contributed by atoms with Gasteiger partial charge in [-0.3, -0.25) is 0 Å². The van der Waals surface area contributed by atoms with Crippen LogP contribution >= 0.6 is 0 Å². The molecule has 0 amide bonds. The quantitative estimate of drug-likeness (QED) is 0.666. The van der Waals surface area contributed by atoms with E-state index >= 15 is 0 Å². The molecular weight excluding hydrogens is 310 g/mol. The Morgan fingerprint density at radius 3 is 2.52 bits per heavy atom. The van der Waals surface area contributed by atoms with Gasteiger partial charge in [0.15, 0.2) is 11.5 Å². The first-order valence-corrected chi connectivity index (χ1v) is 8.42. The average molecular weight is 331 g/mol. The molecular formula is C20H21N5. The standard InChI is InChI=1S/C20H21N5/c1-4-25(5-2)17-10-8-15(9-11-17)13-16(14-21)19-23-18-7-6-12-22-20(18)24(19)3/h6-13H,4-5H2,1-3H3. The Hall–Kier alpha value is -3.13. The summed E-state index contributed by atoms with van der Waals surface area (Å²) >= 11 is 0. The molecule has 2 aromatic heterocycles. The lowest BCUT2D eigenvalue weighted by atomic mass is 10.1. The van der Waals surface area contributed by atoms with E-state index in [2.05, 4.69) is 46.9 Å². The number of hydrogen-bond donors (Lipinski definition) is 0. The summed E-state index contributed by atoms with van der Waals surface area (Å²) in [5, 5.41) is 9.61. The molecule has 0 aliphatic carbocycles. The van der Waals surface area contributed by atoms with E-state index in [1.165, 1.54) is 5.69 Å². The molecule has 0 spiro atoms. The number of hydrogen-bond acceptors (Lipinski definition) is 4. The van der Waals surface area contributed by atoms with Crippen molar-refractivity contribution in [1.82, 2.24) is 14.5 Å². The second kappa shape index (κ2) is 7.18. The highest BCUT2D eigenvalue weighted by molar-refractivity contribution is 5.90. The maximum atomic E-state index is 9.61. The Morgan fingerprint density at radius 1 is 1.20 bits per heavy atom. The molecule has 3 rings (SSSR count). The highest BCUT2D eigenvalue weighted by Crippen LogP contribution is 2.22. The van der Waals surface area contributed by atoms with Gasteiger partial charge in [-0.05, 0) is 49.8 Å². The number of anilines is 1. The van der Waals surface area contributed by atoms with Gasteiger partial charge < -0.3 is 9.47 Å². The fourth-order valence-electron chi connectivity index (χ4n) is 2.95. The van der Waals surface area contributed by atoms with E-state index in [9.17, 15) is 5.26 Å². The van der Waals surface area contributed by atoms with Gasteiger partial charge >= 0.3 is 0 Å². The third-order valence-corrected chi connectivity index (χ3v) is 4.32. The molecule has 5 nitrogen and oxygen atoms in total. The first-order valence-electron chi connectivity index (χ1n) is 8.42. The van der Waals surface area contributed by atoms with E-state index in [0.717, 1.165) is 29.8 Å². The zero-order valence-electron chi connectivity index (χ0n) is 14.8. The molecule has 0 saturated heterocycles. The van der Waals surface area contributed by atoms with Gasteiger partial charge in [0.1, 0.15) is 11.6 Å². The topological polar surface area (TPSA) is 57.7 Å². The van der Waals surface area contributed by atoms with E-state index in [1.54, 1.807) is 6.20 Å². The van der Waals surface area contributed by atoms with Gasteiger partial charge in [-0.25, -0.2) is 9.97 Å². The molecule has 0 bridgehead atoms. The molecule has 0 aliphatic rings. The Balaban J connectivity index is 1.97. The SMILES string of the molecule is CCN(CC)c1ccc(C=C(C#N)c2nc3cccnc3n2C)cc1.